The van der Waals surface area contributed by atoms with Crippen LogP contribution in [0.4, 0.5) is 0 Å². The quantitative estimate of drug-likeness (QED) is 0.638. The Morgan fingerprint density at radius 3 is 2.54 bits per heavy atom. The number of ether oxygens (including phenoxy) is 2. The molecule has 1 saturated carbocycles. The fourth-order valence-electron chi connectivity index (χ4n) is 3.14. The van der Waals surface area contributed by atoms with E-state index in [0.29, 0.717) is 12.5 Å². The molecule has 0 aromatic heterocycles. The average molecular weight is 334 g/mol. The van der Waals surface area contributed by atoms with E-state index in [1.54, 1.807) is 0 Å². The molecular weight excluding hydrogens is 304 g/mol. The summed E-state index contributed by atoms with van der Waals surface area (Å²) in [5.41, 5.74) is 2.04. The Hall–Kier alpha value is -1.39. The van der Waals surface area contributed by atoms with Crippen LogP contribution in [0.2, 0.25) is 0 Å². The van der Waals surface area contributed by atoms with Gasteiger partial charge in [0, 0.05) is 0 Å². The highest BCUT2D eigenvalue weighted by atomic mass is 16.6. The maximum absolute atomic E-state index is 11.5. The Bertz CT molecular complexity index is 515. The van der Waals surface area contributed by atoms with Crippen LogP contribution in [-0.2, 0) is 20.7 Å². The Balaban J connectivity index is 1.71. The minimum absolute atomic E-state index is 0.00465. The van der Waals surface area contributed by atoms with E-state index < -0.39 is 5.60 Å². The van der Waals surface area contributed by atoms with E-state index in [1.165, 1.54) is 11.1 Å². The third-order valence-corrected chi connectivity index (χ3v) is 4.27. The summed E-state index contributed by atoms with van der Waals surface area (Å²) in [5, 5.41) is 9.80. The normalized spacial score (nSPS) is 21.5. The van der Waals surface area contributed by atoms with Crippen molar-refractivity contribution in [2.45, 2.75) is 70.5 Å². The second kappa shape index (κ2) is 8.63. The lowest BCUT2D eigenvalue weighted by Gasteiger charge is -2.26. The van der Waals surface area contributed by atoms with Crippen LogP contribution in [-0.4, -0.2) is 36.0 Å². The van der Waals surface area contributed by atoms with Crippen molar-refractivity contribution in [1.82, 2.24) is 0 Å². The van der Waals surface area contributed by atoms with Gasteiger partial charge in [-0.1, -0.05) is 30.7 Å². The van der Waals surface area contributed by atoms with Gasteiger partial charge in [-0.05, 0) is 63.5 Å². The maximum atomic E-state index is 11.5. The van der Waals surface area contributed by atoms with Gasteiger partial charge >= 0.3 is 5.97 Å². The van der Waals surface area contributed by atoms with Gasteiger partial charge in [0.05, 0.1) is 12.7 Å². The number of carbonyl (C=O) groups excluding carboxylic acids is 1. The van der Waals surface area contributed by atoms with Crippen LogP contribution in [0, 0.1) is 0 Å². The van der Waals surface area contributed by atoms with Crippen LogP contribution in [0.1, 0.15) is 63.5 Å². The highest BCUT2D eigenvalue weighted by Gasteiger charge is 2.21. The predicted octanol–water partition coefficient (Wildman–Crippen LogP) is 3.61. The molecule has 1 aromatic carbocycles. The summed E-state index contributed by atoms with van der Waals surface area (Å²) < 4.78 is 10.6. The number of rotatable bonds is 6. The molecule has 2 rings (SSSR count). The minimum Gasteiger partial charge on any atom is -0.458 e. The van der Waals surface area contributed by atoms with Crippen LogP contribution in [0.25, 0.3) is 0 Å². The van der Waals surface area contributed by atoms with Crippen molar-refractivity contribution in [3.05, 3.63) is 35.4 Å². The molecule has 4 heteroatoms. The molecule has 0 saturated heterocycles. The third-order valence-electron chi connectivity index (χ3n) is 4.27. The summed E-state index contributed by atoms with van der Waals surface area (Å²) in [6.45, 7) is 6.03. The lowest BCUT2D eigenvalue weighted by atomic mass is 9.82. The fraction of sp³-hybridized carbons (Fsp3) is 0.650. The molecule has 1 N–H and O–H groups in total. The molecule has 1 aromatic rings. The molecule has 2 atom stereocenters. The van der Waals surface area contributed by atoms with E-state index in [4.69, 9.17) is 9.47 Å². The van der Waals surface area contributed by atoms with Crippen molar-refractivity contribution in [2.75, 3.05) is 13.2 Å². The second-order valence-electron chi connectivity index (χ2n) is 7.65. The van der Waals surface area contributed by atoms with Crippen molar-refractivity contribution in [2.24, 2.45) is 0 Å². The lowest BCUT2D eigenvalue weighted by molar-refractivity contribution is -0.160. The molecule has 1 aliphatic carbocycles. The molecule has 1 aliphatic rings. The monoisotopic (exact) mass is 334 g/mol. The Kier molecular flexibility index (Phi) is 6.81. The van der Waals surface area contributed by atoms with Gasteiger partial charge in [0.15, 0.2) is 0 Å². The first-order chi connectivity index (χ1) is 11.3. The first-order valence-corrected chi connectivity index (χ1v) is 8.90. The molecule has 0 radical (unpaired) electrons. The molecule has 0 spiro atoms. The summed E-state index contributed by atoms with van der Waals surface area (Å²) in [5.74, 6) is 0.153. The number of hydrogen-bond acceptors (Lipinski definition) is 4. The highest BCUT2D eigenvalue weighted by Crippen LogP contribution is 2.32. The summed E-state index contributed by atoms with van der Waals surface area (Å²) >= 11 is 0. The minimum atomic E-state index is -0.469. The number of aliphatic hydroxyl groups is 1. The first-order valence-electron chi connectivity index (χ1n) is 8.90. The molecule has 134 valence electrons. The molecular formula is C20H30O4. The van der Waals surface area contributed by atoms with Crippen molar-refractivity contribution in [3.8, 4) is 0 Å². The maximum Gasteiger partial charge on any atom is 0.332 e. The Morgan fingerprint density at radius 1 is 1.21 bits per heavy atom. The van der Waals surface area contributed by atoms with Crippen LogP contribution < -0.4 is 0 Å². The zero-order valence-corrected chi connectivity index (χ0v) is 15.1. The van der Waals surface area contributed by atoms with Crippen LogP contribution >= 0.6 is 0 Å². The summed E-state index contributed by atoms with van der Waals surface area (Å²) in [7, 11) is 0. The van der Waals surface area contributed by atoms with E-state index in [2.05, 4.69) is 24.3 Å². The van der Waals surface area contributed by atoms with Gasteiger partial charge in [-0.2, -0.15) is 0 Å². The number of carbonyl (C=O) groups is 1. The molecule has 1 fully saturated rings. The third kappa shape index (κ3) is 6.62. The summed E-state index contributed by atoms with van der Waals surface area (Å²) in [6.07, 6.45) is 4.70. The summed E-state index contributed by atoms with van der Waals surface area (Å²) in [4.78, 5) is 11.5. The zero-order chi connectivity index (χ0) is 17.6. The fourth-order valence-corrected chi connectivity index (χ4v) is 3.14. The number of esters is 1. The standard InChI is InChI=1S/C20H30O4/c1-20(2,3)24-19(22)14-23-12-11-15-7-9-16(10-8-15)17-5-4-6-18(21)13-17/h7-10,17-18,21H,4-6,11-14H2,1-3H3/t17-,18+/m1/s1. The summed E-state index contributed by atoms with van der Waals surface area (Å²) in [6, 6.07) is 8.55. The van der Waals surface area contributed by atoms with Gasteiger partial charge in [0.25, 0.3) is 0 Å². The largest absolute Gasteiger partial charge is 0.458 e. The highest BCUT2D eigenvalue weighted by molar-refractivity contribution is 5.71. The number of hydrogen-bond donors (Lipinski definition) is 1. The topological polar surface area (TPSA) is 55.8 Å². The van der Waals surface area contributed by atoms with Crippen LogP contribution in [0.3, 0.4) is 0 Å². The van der Waals surface area contributed by atoms with E-state index in [0.717, 1.165) is 32.1 Å². The number of aliphatic hydroxyl groups excluding tert-OH is 1. The molecule has 4 nitrogen and oxygen atoms in total. The van der Waals surface area contributed by atoms with Crippen molar-refractivity contribution < 1.29 is 19.4 Å². The van der Waals surface area contributed by atoms with Gasteiger partial charge in [-0.3, -0.25) is 0 Å². The molecule has 0 heterocycles. The van der Waals surface area contributed by atoms with Gasteiger partial charge in [-0.25, -0.2) is 4.79 Å². The van der Waals surface area contributed by atoms with Gasteiger partial charge in [0.2, 0.25) is 0 Å². The second-order valence-corrected chi connectivity index (χ2v) is 7.65. The molecule has 0 aliphatic heterocycles. The average Bonchev–Trinajstić information content (AvgIpc) is 2.50. The van der Waals surface area contributed by atoms with Gasteiger partial charge < -0.3 is 14.6 Å². The Morgan fingerprint density at radius 2 is 1.92 bits per heavy atom. The van der Waals surface area contributed by atoms with Crippen molar-refractivity contribution in [1.29, 1.82) is 0 Å². The molecule has 24 heavy (non-hydrogen) atoms. The lowest BCUT2D eigenvalue weighted by Crippen LogP contribution is -2.26. The van der Waals surface area contributed by atoms with E-state index in [-0.39, 0.29) is 18.7 Å². The molecule has 0 unspecified atom stereocenters. The SMILES string of the molecule is CC(C)(C)OC(=O)COCCc1ccc([C@@H]2CCC[C@H](O)C2)cc1. The van der Waals surface area contributed by atoms with Gasteiger partial charge in [-0.15, -0.1) is 0 Å². The predicted molar refractivity (Wildman–Crippen MR) is 94.0 cm³/mol. The molecule has 0 amide bonds. The smallest absolute Gasteiger partial charge is 0.332 e. The van der Waals surface area contributed by atoms with Crippen molar-refractivity contribution >= 4 is 5.97 Å². The Labute approximate surface area is 145 Å². The van der Waals surface area contributed by atoms with E-state index in [1.807, 2.05) is 20.8 Å². The van der Waals surface area contributed by atoms with Crippen LogP contribution in [0.5, 0.6) is 0 Å². The van der Waals surface area contributed by atoms with E-state index in [9.17, 15) is 9.90 Å². The molecule has 0 bridgehead atoms. The van der Waals surface area contributed by atoms with E-state index >= 15 is 0 Å². The van der Waals surface area contributed by atoms with Gasteiger partial charge in [0.1, 0.15) is 12.2 Å². The van der Waals surface area contributed by atoms with Crippen LogP contribution in [0.15, 0.2) is 24.3 Å². The van der Waals surface area contributed by atoms with Crippen molar-refractivity contribution in [3.63, 3.8) is 0 Å². The first kappa shape index (κ1) is 18.9. The zero-order valence-electron chi connectivity index (χ0n) is 15.1. The number of benzene rings is 1.